The van der Waals surface area contributed by atoms with Crippen molar-refractivity contribution in [2.75, 3.05) is 0 Å². The molecule has 1 aromatic rings. The fourth-order valence-corrected chi connectivity index (χ4v) is 2.70. The zero-order valence-electron chi connectivity index (χ0n) is 13.7. The molecule has 2 atom stereocenters. The Morgan fingerprint density at radius 2 is 1.95 bits per heavy atom. The SMILES string of the molecule is CC(OC(CC(C)(C)C)O[SiH](C)C)n1ccc(=O)[nH]c1=O. The van der Waals surface area contributed by atoms with Gasteiger partial charge in [0.15, 0.2) is 15.3 Å². The van der Waals surface area contributed by atoms with Gasteiger partial charge in [0.2, 0.25) is 0 Å². The van der Waals surface area contributed by atoms with Gasteiger partial charge in [0.25, 0.3) is 5.56 Å². The summed E-state index contributed by atoms with van der Waals surface area (Å²) in [6.45, 7) is 12.3. The fraction of sp³-hybridized carbons (Fsp3) is 0.714. The monoisotopic (exact) mass is 314 g/mol. The van der Waals surface area contributed by atoms with Gasteiger partial charge in [0.05, 0.1) is 0 Å². The van der Waals surface area contributed by atoms with Gasteiger partial charge in [-0.1, -0.05) is 20.8 Å². The third-order valence-corrected chi connectivity index (χ3v) is 3.64. The van der Waals surface area contributed by atoms with Gasteiger partial charge < -0.3 is 9.16 Å². The van der Waals surface area contributed by atoms with Gasteiger partial charge in [-0.2, -0.15) is 0 Å². The summed E-state index contributed by atoms with van der Waals surface area (Å²) in [5.74, 6) is 0. The molecule has 2 unspecified atom stereocenters. The largest absolute Gasteiger partial charge is 0.396 e. The molecule has 0 saturated carbocycles. The van der Waals surface area contributed by atoms with Gasteiger partial charge in [-0.25, -0.2) is 4.79 Å². The van der Waals surface area contributed by atoms with Crippen LogP contribution >= 0.6 is 0 Å². The Bertz CT molecular complexity index is 559. The predicted molar refractivity (Wildman–Crippen MR) is 84.9 cm³/mol. The lowest BCUT2D eigenvalue weighted by Crippen LogP contribution is -2.35. The Morgan fingerprint density at radius 1 is 1.33 bits per heavy atom. The lowest BCUT2D eigenvalue weighted by molar-refractivity contribution is -0.156. The van der Waals surface area contributed by atoms with Gasteiger partial charge in [-0.15, -0.1) is 0 Å². The first-order valence-corrected chi connectivity index (χ1v) is 9.99. The molecule has 0 aromatic carbocycles. The van der Waals surface area contributed by atoms with Crippen LogP contribution < -0.4 is 11.2 Å². The minimum absolute atomic E-state index is 0.0592. The van der Waals surface area contributed by atoms with Crippen molar-refractivity contribution in [2.24, 2.45) is 5.41 Å². The fourth-order valence-electron chi connectivity index (χ4n) is 1.93. The number of aromatic amines is 1. The number of aromatic nitrogens is 2. The molecule has 0 amide bonds. The second-order valence-electron chi connectivity index (χ2n) is 6.63. The van der Waals surface area contributed by atoms with Crippen molar-refractivity contribution >= 4 is 9.04 Å². The topological polar surface area (TPSA) is 73.3 Å². The van der Waals surface area contributed by atoms with E-state index >= 15 is 0 Å². The van der Waals surface area contributed by atoms with E-state index in [1.807, 2.05) is 0 Å². The first kappa shape index (κ1) is 17.9. The average Bonchev–Trinajstić information content (AvgIpc) is 2.24. The highest BCUT2D eigenvalue weighted by Crippen LogP contribution is 2.25. The van der Waals surface area contributed by atoms with Crippen LogP contribution in [0.5, 0.6) is 0 Å². The van der Waals surface area contributed by atoms with Gasteiger partial charge in [0.1, 0.15) is 6.23 Å². The van der Waals surface area contributed by atoms with Crippen molar-refractivity contribution in [1.29, 1.82) is 0 Å². The Morgan fingerprint density at radius 3 is 2.43 bits per heavy atom. The third-order valence-electron chi connectivity index (χ3n) is 2.79. The maximum atomic E-state index is 11.8. The molecule has 0 radical (unpaired) electrons. The molecular weight excluding hydrogens is 288 g/mol. The molecule has 0 aliphatic heterocycles. The van der Waals surface area contributed by atoms with E-state index in [0.717, 1.165) is 6.42 Å². The zero-order chi connectivity index (χ0) is 16.2. The number of hydrogen-bond acceptors (Lipinski definition) is 4. The number of nitrogens with zero attached hydrogens (tertiary/aromatic N) is 1. The van der Waals surface area contributed by atoms with Crippen molar-refractivity contribution in [3.8, 4) is 0 Å². The number of ether oxygens (including phenoxy) is 1. The first-order chi connectivity index (χ1) is 9.58. The van der Waals surface area contributed by atoms with Crippen LogP contribution in [0.25, 0.3) is 0 Å². The van der Waals surface area contributed by atoms with Crippen molar-refractivity contribution < 1.29 is 9.16 Å². The molecule has 0 aliphatic rings. The Hall–Kier alpha value is -1.18. The van der Waals surface area contributed by atoms with E-state index in [4.69, 9.17) is 9.16 Å². The molecule has 1 heterocycles. The zero-order valence-corrected chi connectivity index (χ0v) is 14.8. The van der Waals surface area contributed by atoms with Crippen molar-refractivity contribution in [1.82, 2.24) is 9.55 Å². The van der Waals surface area contributed by atoms with E-state index in [0.29, 0.717) is 0 Å². The van der Waals surface area contributed by atoms with Crippen LogP contribution in [0.3, 0.4) is 0 Å². The summed E-state index contributed by atoms with van der Waals surface area (Å²) >= 11 is 0. The van der Waals surface area contributed by atoms with Crippen LogP contribution in [-0.2, 0) is 9.16 Å². The lowest BCUT2D eigenvalue weighted by Gasteiger charge is -2.30. The molecule has 1 rings (SSSR count). The molecule has 0 aliphatic carbocycles. The van der Waals surface area contributed by atoms with Crippen LogP contribution in [0.1, 0.15) is 40.3 Å². The summed E-state index contributed by atoms with van der Waals surface area (Å²) in [7, 11) is -1.26. The van der Waals surface area contributed by atoms with Crippen LogP contribution in [0.4, 0.5) is 0 Å². The van der Waals surface area contributed by atoms with E-state index in [2.05, 4.69) is 38.8 Å². The highest BCUT2D eigenvalue weighted by Gasteiger charge is 2.23. The normalized spacial score (nSPS) is 15.2. The highest BCUT2D eigenvalue weighted by molar-refractivity contribution is 6.48. The van der Waals surface area contributed by atoms with E-state index in [-0.39, 0.29) is 11.7 Å². The minimum Gasteiger partial charge on any atom is -0.396 e. The minimum atomic E-state index is -1.26. The van der Waals surface area contributed by atoms with Gasteiger partial charge >= 0.3 is 5.69 Å². The highest BCUT2D eigenvalue weighted by atomic mass is 28.3. The first-order valence-electron chi connectivity index (χ1n) is 7.21. The molecule has 0 spiro atoms. The van der Waals surface area contributed by atoms with Gasteiger partial charge in [-0.05, 0) is 25.4 Å². The molecule has 6 nitrogen and oxygen atoms in total. The number of nitrogens with one attached hydrogen (secondary N) is 1. The molecule has 0 saturated heterocycles. The van der Waals surface area contributed by atoms with Gasteiger partial charge in [0, 0.05) is 18.7 Å². The maximum absolute atomic E-state index is 11.8. The number of rotatable bonds is 6. The summed E-state index contributed by atoms with van der Waals surface area (Å²) in [5, 5.41) is 0. The van der Waals surface area contributed by atoms with Crippen LogP contribution in [0.15, 0.2) is 21.9 Å². The van der Waals surface area contributed by atoms with Crippen LogP contribution in [0.2, 0.25) is 13.1 Å². The molecule has 7 heteroatoms. The summed E-state index contributed by atoms with van der Waals surface area (Å²) in [4.78, 5) is 25.1. The van der Waals surface area contributed by atoms with E-state index < -0.39 is 26.5 Å². The summed E-state index contributed by atoms with van der Waals surface area (Å²) in [6.07, 6.45) is 1.31. The smallest absolute Gasteiger partial charge is 0.330 e. The summed E-state index contributed by atoms with van der Waals surface area (Å²) in [5.41, 5.74) is -0.837. The number of hydrogen-bond donors (Lipinski definition) is 1. The molecular formula is C14H26N2O4Si. The van der Waals surface area contributed by atoms with Crippen molar-refractivity contribution in [3.63, 3.8) is 0 Å². The van der Waals surface area contributed by atoms with Crippen LogP contribution in [0, 0.1) is 5.41 Å². The molecule has 21 heavy (non-hydrogen) atoms. The molecule has 1 aromatic heterocycles. The van der Waals surface area contributed by atoms with E-state index in [1.54, 1.807) is 6.92 Å². The standard InChI is InChI=1S/C14H26N2O4Si/c1-10(16-8-7-11(17)15-13(16)18)19-12(20-21(5)6)9-14(2,3)4/h7-8,10,12,21H,9H2,1-6H3,(H,15,17,18). The van der Waals surface area contributed by atoms with Crippen LogP contribution in [-0.4, -0.2) is 24.9 Å². The second kappa shape index (κ2) is 7.19. The second-order valence-corrected chi connectivity index (χ2v) is 9.00. The summed E-state index contributed by atoms with van der Waals surface area (Å²) < 4.78 is 13.2. The Labute approximate surface area is 126 Å². The van der Waals surface area contributed by atoms with E-state index in [1.165, 1.54) is 16.8 Å². The maximum Gasteiger partial charge on any atom is 0.330 e. The lowest BCUT2D eigenvalue weighted by atomic mass is 9.92. The molecule has 0 fully saturated rings. The Kier molecular flexibility index (Phi) is 6.12. The third kappa shape index (κ3) is 6.41. The van der Waals surface area contributed by atoms with Crippen molar-refractivity contribution in [3.05, 3.63) is 33.1 Å². The molecule has 120 valence electrons. The average molecular weight is 314 g/mol. The quantitative estimate of drug-likeness (QED) is 0.642. The summed E-state index contributed by atoms with van der Waals surface area (Å²) in [6, 6.07) is 1.30. The van der Waals surface area contributed by atoms with Crippen molar-refractivity contribution in [2.45, 2.75) is 59.7 Å². The predicted octanol–water partition coefficient (Wildman–Crippen LogP) is 1.83. The molecule has 1 N–H and O–H groups in total. The number of H-pyrrole nitrogens is 1. The Balaban J connectivity index is 2.86. The molecule has 0 bridgehead atoms. The van der Waals surface area contributed by atoms with E-state index in [9.17, 15) is 9.59 Å². The van der Waals surface area contributed by atoms with Gasteiger partial charge in [-0.3, -0.25) is 14.3 Å².